The molecule has 0 saturated carbocycles. The van der Waals surface area contributed by atoms with Crippen LogP contribution in [0.2, 0.25) is 5.02 Å². The number of hydrogen-bond donors (Lipinski definition) is 1. The first-order chi connectivity index (χ1) is 12.5. The number of carbonyl (C=O) groups excluding carboxylic acids is 1. The van der Waals surface area contributed by atoms with Gasteiger partial charge in [-0.1, -0.05) is 41.9 Å². The molecule has 26 heavy (non-hydrogen) atoms. The number of hydrogen-bond acceptors (Lipinski definition) is 3. The van der Waals surface area contributed by atoms with Crippen LogP contribution in [0, 0.1) is 0 Å². The van der Waals surface area contributed by atoms with E-state index in [2.05, 4.69) is 22.3 Å². The van der Waals surface area contributed by atoms with Gasteiger partial charge in [0.1, 0.15) is 5.75 Å². The molecule has 136 valence electrons. The average molecular weight is 371 g/mol. The lowest BCUT2D eigenvalue weighted by molar-refractivity contribution is -0.116. The monoisotopic (exact) mass is 370 g/mol. The van der Waals surface area contributed by atoms with Gasteiger partial charge < -0.3 is 15.0 Å². The Kier molecular flexibility index (Phi) is 5.96. The van der Waals surface area contributed by atoms with Crippen molar-refractivity contribution in [2.75, 3.05) is 27.2 Å². The minimum Gasteiger partial charge on any atom is -0.493 e. The van der Waals surface area contributed by atoms with Crippen LogP contribution in [0.1, 0.15) is 22.7 Å². The summed E-state index contributed by atoms with van der Waals surface area (Å²) in [5.41, 5.74) is 3.24. The first kappa shape index (κ1) is 18.5. The SMILES string of the molecule is CN(C)C(CNC(=O)/C=C/c1ccccc1Cl)c1ccc2c(c1)CCO2. The standard InChI is InChI=1S/C21H23ClN2O2/c1-24(2)19(16-7-9-20-17(13-16)11-12-26-20)14-23-21(25)10-8-15-5-3-4-6-18(15)22/h3-10,13,19H,11-12,14H2,1-2H3,(H,23,25)/b10-8+. The third kappa shape index (κ3) is 4.45. The summed E-state index contributed by atoms with van der Waals surface area (Å²) in [5, 5.41) is 3.61. The fourth-order valence-electron chi connectivity index (χ4n) is 3.04. The predicted octanol–water partition coefficient (Wildman–Crippen LogP) is 3.71. The fourth-order valence-corrected chi connectivity index (χ4v) is 3.24. The van der Waals surface area contributed by atoms with Crippen LogP contribution >= 0.6 is 11.6 Å². The third-order valence-corrected chi connectivity index (χ3v) is 4.85. The van der Waals surface area contributed by atoms with Crippen LogP contribution < -0.4 is 10.1 Å². The van der Waals surface area contributed by atoms with Crippen LogP contribution in [0.3, 0.4) is 0 Å². The Morgan fingerprint density at radius 3 is 2.88 bits per heavy atom. The zero-order valence-electron chi connectivity index (χ0n) is 15.0. The first-order valence-electron chi connectivity index (χ1n) is 8.67. The number of halogens is 1. The van der Waals surface area contributed by atoms with Crippen molar-refractivity contribution in [1.82, 2.24) is 10.2 Å². The van der Waals surface area contributed by atoms with Crippen LogP contribution in [-0.4, -0.2) is 38.1 Å². The van der Waals surface area contributed by atoms with Gasteiger partial charge in [0.2, 0.25) is 5.91 Å². The Bertz CT molecular complexity index is 817. The molecule has 0 aromatic heterocycles. The van der Waals surface area contributed by atoms with Gasteiger partial charge in [-0.15, -0.1) is 0 Å². The molecule has 1 N–H and O–H groups in total. The Balaban J connectivity index is 1.64. The van der Waals surface area contributed by atoms with Crippen LogP contribution in [0.4, 0.5) is 0 Å². The van der Waals surface area contributed by atoms with Crippen molar-refractivity contribution in [1.29, 1.82) is 0 Å². The van der Waals surface area contributed by atoms with E-state index >= 15 is 0 Å². The van der Waals surface area contributed by atoms with Crippen molar-refractivity contribution in [3.63, 3.8) is 0 Å². The van der Waals surface area contributed by atoms with Gasteiger partial charge >= 0.3 is 0 Å². The molecule has 0 aliphatic carbocycles. The number of ether oxygens (including phenoxy) is 1. The van der Waals surface area contributed by atoms with E-state index in [0.717, 1.165) is 24.3 Å². The predicted molar refractivity (Wildman–Crippen MR) is 106 cm³/mol. The van der Waals surface area contributed by atoms with Gasteiger partial charge in [-0.3, -0.25) is 4.79 Å². The van der Waals surface area contributed by atoms with Crippen LogP contribution in [0.5, 0.6) is 5.75 Å². The summed E-state index contributed by atoms with van der Waals surface area (Å²) in [5.74, 6) is 0.833. The fraction of sp³-hybridized carbons (Fsp3) is 0.286. The summed E-state index contributed by atoms with van der Waals surface area (Å²) in [6, 6.07) is 13.8. The molecule has 1 amide bonds. The van der Waals surface area contributed by atoms with E-state index in [1.54, 1.807) is 12.1 Å². The van der Waals surface area contributed by atoms with Crippen molar-refractivity contribution in [3.05, 3.63) is 70.3 Å². The zero-order valence-corrected chi connectivity index (χ0v) is 15.8. The molecular weight excluding hydrogens is 348 g/mol. The van der Waals surface area contributed by atoms with Gasteiger partial charge in [0.25, 0.3) is 0 Å². The highest BCUT2D eigenvalue weighted by molar-refractivity contribution is 6.32. The molecule has 1 heterocycles. The van der Waals surface area contributed by atoms with E-state index in [1.165, 1.54) is 17.2 Å². The van der Waals surface area contributed by atoms with Crippen molar-refractivity contribution in [2.24, 2.45) is 0 Å². The molecule has 1 unspecified atom stereocenters. The number of nitrogens with zero attached hydrogens (tertiary/aromatic N) is 1. The molecule has 1 aliphatic heterocycles. The molecule has 0 bridgehead atoms. The largest absolute Gasteiger partial charge is 0.493 e. The summed E-state index contributed by atoms with van der Waals surface area (Å²) >= 11 is 6.10. The molecule has 0 saturated heterocycles. The van der Waals surface area contributed by atoms with E-state index < -0.39 is 0 Å². The van der Waals surface area contributed by atoms with Gasteiger partial charge in [-0.2, -0.15) is 0 Å². The Morgan fingerprint density at radius 1 is 1.31 bits per heavy atom. The number of fused-ring (bicyclic) bond motifs is 1. The highest BCUT2D eigenvalue weighted by Gasteiger charge is 2.19. The van der Waals surface area contributed by atoms with Crippen molar-refractivity contribution in [3.8, 4) is 5.75 Å². The second-order valence-corrected chi connectivity index (χ2v) is 6.95. The Hall–Kier alpha value is -2.30. The molecule has 0 fully saturated rings. The van der Waals surface area contributed by atoms with E-state index in [-0.39, 0.29) is 11.9 Å². The Morgan fingerprint density at radius 2 is 2.12 bits per heavy atom. The number of nitrogens with one attached hydrogen (secondary N) is 1. The number of amides is 1. The topological polar surface area (TPSA) is 41.6 Å². The molecule has 2 aromatic carbocycles. The normalized spacial score (nSPS) is 14.3. The van der Waals surface area contributed by atoms with Crippen molar-refractivity contribution < 1.29 is 9.53 Å². The summed E-state index contributed by atoms with van der Waals surface area (Å²) < 4.78 is 5.57. The lowest BCUT2D eigenvalue weighted by Crippen LogP contribution is -2.33. The summed E-state index contributed by atoms with van der Waals surface area (Å²) in [6.07, 6.45) is 4.19. The number of likely N-dealkylation sites (N-methyl/N-ethyl adjacent to an activating group) is 1. The van der Waals surface area contributed by atoms with E-state index in [0.29, 0.717) is 11.6 Å². The van der Waals surface area contributed by atoms with Crippen LogP contribution in [0.25, 0.3) is 6.08 Å². The molecule has 4 nitrogen and oxygen atoms in total. The molecule has 1 aliphatic rings. The van der Waals surface area contributed by atoms with Crippen LogP contribution in [0.15, 0.2) is 48.5 Å². The minimum absolute atomic E-state index is 0.0959. The van der Waals surface area contributed by atoms with Crippen LogP contribution in [-0.2, 0) is 11.2 Å². The maximum atomic E-state index is 12.2. The quantitative estimate of drug-likeness (QED) is 0.788. The second-order valence-electron chi connectivity index (χ2n) is 6.55. The van der Waals surface area contributed by atoms with E-state index in [4.69, 9.17) is 16.3 Å². The lowest BCUT2D eigenvalue weighted by atomic mass is 10.0. The molecule has 5 heteroatoms. The van der Waals surface area contributed by atoms with Gasteiger partial charge in [0, 0.05) is 24.1 Å². The summed E-state index contributed by atoms with van der Waals surface area (Å²) in [4.78, 5) is 14.3. The maximum absolute atomic E-state index is 12.2. The maximum Gasteiger partial charge on any atom is 0.244 e. The minimum atomic E-state index is -0.138. The number of benzene rings is 2. The van der Waals surface area contributed by atoms with Gasteiger partial charge in [0.05, 0.1) is 12.6 Å². The molecule has 1 atom stereocenters. The highest BCUT2D eigenvalue weighted by Crippen LogP contribution is 2.29. The zero-order chi connectivity index (χ0) is 18.5. The van der Waals surface area contributed by atoms with Crippen molar-refractivity contribution in [2.45, 2.75) is 12.5 Å². The molecule has 2 aromatic rings. The number of carbonyl (C=O) groups is 1. The van der Waals surface area contributed by atoms with E-state index in [1.807, 2.05) is 38.4 Å². The first-order valence-corrected chi connectivity index (χ1v) is 9.05. The average Bonchev–Trinajstić information content (AvgIpc) is 3.09. The molecule has 0 spiro atoms. The van der Waals surface area contributed by atoms with E-state index in [9.17, 15) is 4.79 Å². The lowest BCUT2D eigenvalue weighted by Gasteiger charge is -2.25. The smallest absolute Gasteiger partial charge is 0.244 e. The number of rotatable bonds is 6. The second kappa shape index (κ2) is 8.39. The molecular formula is C21H23ClN2O2. The highest BCUT2D eigenvalue weighted by atomic mass is 35.5. The summed E-state index contributed by atoms with van der Waals surface area (Å²) in [7, 11) is 4.03. The van der Waals surface area contributed by atoms with Gasteiger partial charge in [-0.05, 0) is 49.0 Å². The molecule has 3 rings (SSSR count). The van der Waals surface area contributed by atoms with Gasteiger partial charge in [-0.25, -0.2) is 0 Å². The third-order valence-electron chi connectivity index (χ3n) is 4.51. The van der Waals surface area contributed by atoms with Gasteiger partial charge in [0.15, 0.2) is 0 Å². The Labute approximate surface area is 159 Å². The van der Waals surface area contributed by atoms with Crippen molar-refractivity contribution >= 4 is 23.6 Å². The summed E-state index contributed by atoms with van der Waals surface area (Å²) in [6.45, 7) is 1.27. The molecule has 0 radical (unpaired) electrons.